The van der Waals surface area contributed by atoms with Gasteiger partial charge in [-0.2, -0.15) is 0 Å². The lowest BCUT2D eigenvalue weighted by Gasteiger charge is -2.35. The van der Waals surface area contributed by atoms with Crippen LogP contribution in [0.15, 0.2) is 42.5 Å². The molecule has 2 aromatic carbocycles. The van der Waals surface area contributed by atoms with E-state index in [1.54, 1.807) is 23.1 Å². The van der Waals surface area contributed by atoms with E-state index in [1.807, 2.05) is 38.1 Å². The van der Waals surface area contributed by atoms with Crippen molar-refractivity contribution in [2.75, 3.05) is 25.2 Å². The van der Waals surface area contributed by atoms with Gasteiger partial charge in [-0.15, -0.1) is 0 Å². The van der Waals surface area contributed by atoms with Gasteiger partial charge in [0, 0.05) is 11.7 Å². The van der Waals surface area contributed by atoms with Crippen molar-refractivity contribution in [3.63, 3.8) is 0 Å². The number of amides is 1. The van der Waals surface area contributed by atoms with Crippen molar-refractivity contribution in [2.45, 2.75) is 32.7 Å². The van der Waals surface area contributed by atoms with Gasteiger partial charge in [0.05, 0.1) is 19.3 Å². The van der Waals surface area contributed by atoms with Gasteiger partial charge in [0.25, 0.3) is 5.91 Å². The summed E-state index contributed by atoms with van der Waals surface area (Å²) >= 11 is 0. The van der Waals surface area contributed by atoms with Crippen LogP contribution in [0.2, 0.25) is 0 Å². The molecule has 2 aromatic rings. The maximum atomic E-state index is 12.8. The molecule has 0 aliphatic carbocycles. The van der Waals surface area contributed by atoms with Crippen molar-refractivity contribution in [3.05, 3.63) is 53.6 Å². The Labute approximate surface area is 165 Å². The molecule has 0 radical (unpaired) electrons. The number of aryl methyl sites for hydroxylation is 1. The molecular weight excluding hydrogens is 358 g/mol. The number of para-hydroxylation sites is 1. The lowest BCUT2D eigenvalue weighted by atomic mass is 9.96. The standard InChI is InChI=1S/C22H25NO5/c1-4-27-20-13-17(11-12-19(20)26-3)22(25)28-14-21(24)23-15(2)9-10-16-7-5-6-8-18(16)23/h5-8,11-13,15H,4,9-10,14H2,1-3H3. The summed E-state index contributed by atoms with van der Waals surface area (Å²) in [5, 5.41) is 0. The molecule has 1 amide bonds. The first-order valence-corrected chi connectivity index (χ1v) is 9.43. The predicted octanol–water partition coefficient (Wildman–Crippen LogP) is 3.62. The highest BCUT2D eigenvalue weighted by Gasteiger charge is 2.28. The van der Waals surface area contributed by atoms with Gasteiger partial charge in [-0.1, -0.05) is 18.2 Å². The molecule has 0 bridgehead atoms. The van der Waals surface area contributed by atoms with E-state index in [0.29, 0.717) is 23.7 Å². The molecule has 0 N–H and O–H groups in total. The lowest BCUT2D eigenvalue weighted by molar-refractivity contribution is -0.122. The van der Waals surface area contributed by atoms with E-state index in [9.17, 15) is 9.59 Å². The van der Waals surface area contributed by atoms with Crippen LogP contribution in [-0.2, 0) is 16.0 Å². The molecule has 0 saturated heterocycles. The smallest absolute Gasteiger partial charge is 0.338 e. The van der Waals surface area contributed by atoms with Crippen LogP contribution in [0.25, 0.3) is 0 Å². The summed E-state index contributed by atoms with van der Waals surface area (Å²) in [5.74, 6) is 0.194. The summed E-state index contributed by atoms with van der Waals surface area (Å²) in [6.45, 7) is 3.99. The lowest BCUT2D eigenvalue weighted by Crippen LogP contribution is -2.44. The molecule has 1 aliphatic heterocycles. The molecule has 0 aromatic heterocycles. The van der Waals surface area contributed by atoms with Crippen molar-refractivity contribution in [1.29, 1.82) is 0 Å². The monoisotopic (exact) mass is 383 g/mol. The number of hydrogen-bond donors (Lipinski definition) is 0. The normalized spacial score (nSPS) is 15.5. The molecule has 28 heavy (non-hydrogen) atoms. The molecule has 3 rings (SSSR count). The molecule has 1 heterocycles. The fourth-order valence-electron chi connectivity index (χ4n) is 3.42. The number of hydrogen-bond acceptors (Lipinski definition) is 5. The highest BCUT2D eigenvalue weighted by molar-refractivity contribution is 5.98. The Morgan fingerprint density at radius 2 is 1.93 bits per heavy atom. The van der Waals surface area contributed by atoms with Gasteiger partial charge in [0.15, 0.2) is 18.1 Å². The summed E-state index contributed by atoms with van der Waals surface area (Å²) in [6, 6.07) is 12.7. The minimum absolute atomic E-state index is 0.0617. The number of nitrogens with zero attached hydrogens (tertiary/aromatic N) is 1. The van der Waals surface area contributed by atoms with Gasteiger partial charge in [-0.25, -0.2) is 4.79 Å². The second-order valence-corrected chi connectivity index (χ2v) is 6.65. The Bertz CT molecular complexity index is 864. The number of anilines is 1. The van der Waals surface area contributed by atoms with Crippen LogP contribution in [0.5, 0.6) is 11.5 Å². The number of fused-ring (bicyclic) bond motifs is 1. The fourth-order valence-corrected chi connectivity index (χ4v) is 3.42. The third kappa shape index (κ3) is 4.11. The van der Waals surface area contributed by atoms with Crippen LogP contribution in [-0.4, -0.2) is 38.2 Å². The van der Waals surface area contributed by atoms with Crippen molar-refractivity contribution in [2.24, 2.45) is 0 Å². The van der Waals surface area contributed by atoms with E-state index >= 15 is 0 Å². The number of carbonyl (C=O) groups is 2. The van der Waals surface area contributed by atoms with Crippen LogP contribution in [0.3, 0.4) is 0 Å². The summed E-state index contributed by atoms with van der Waals surface area (Å²) < 4.78 is 16.0. The van der Waals surface area contributed by atoms with Gasteiger partial charge >= 0.3 is 5.97 Å². The molecule has 1 atom stereocenters. The fraction of sp³-hybridized carbons (Fsp3) is 0.364. The van der Waals surface area contributed by atoms with Gasteiger partial charge in [0.2, 0.25) is 0 Å². The Morgan fingerprint density at radius 3 is 2.68 bits per heavy atom. The largest absolute Gasteiger partial charge is 0.493 e. The van der Waals surface area contributed by atoms with Crippen LogP contribution in [0, 0.1) is 0 Å². The van der Waals surface area contributed by atoms with E-state index in [2.05, 4.69) is 0 Å². The van der Waals surface area contributed by atoms with Crippen LogP contribution in [0.4, 0.5) is 5.69 Å². The summed E-state index contributed by atoms with van der Waals surface area (Å²) in [6.07, 6.45) is 1.82. The first kappa shape index (κ1) is 19.7. The van der Waals surface area contributed by atoms with E-state index in [4.69, 9.17) is 14.2 Å². The summed E-state index contributed by atoms with van der Waals surface area (Å²) in [7, 11) is 1.53. The molecule has 0 saturated carbocycles. The number of benzene rings is 2. The van der Waals surface area contributed by atoms with Gasteiger partial charge < -0.3 is 19.1 Å². The third-order valence-corrected chi connectivity index (χ3v) is 4.82. The number of ether oxygens (including phenoxy) is 3. The topological polar surface area (TPSA) is 65.1 Å². The highest BCUT2D eigenvalue weighted by atomic mass is 16.5. The molecule has 0 spiro atoms. The quantitative estimate of drug-likeness (QED) is 0.713. The average Bonchev–Trinajstić information content (AvgIpc) is 2.71. The zero-order chi connectivity index (χ0) is 20.1. The minimum atomic E-state index is -0.574. The second-order valence-electron chi connectivity index (χ2n) is 6.65. The first-order chi connectivity index (χ1) is 13.5. The number of methoxy groups -OCH3 is 1. The number of esters is 1. The van der Waals surface area contributed by atoms with Crippen molar-refractivity contribution in [1.82, 2.24) is 0 Å². The molecule has 6 nitrogen and oxygen atoms in total. The van der Waals surface area contributed by atoms with Crippen molar-refractivity contribution < 1.29 is 23.8 Å². The summed E-state index contributed by atoms with van der Waals surface area (Å²) in [4.78, 5) is 26.9. The van der Waals surface area contributed by atoms with Gasteiger partial charge in [-0.3, -0.25) is 4.79 Å². The Hall–Kier alpha value is -3.02. The van der Waals surface area contributed by atoms with Crippen LogP contribution < -0.4 is 14.4 Å². The Morgan fingerprint density at radius 1 is 1.14 bits per heavy atom. The predicted molar refractivity (Wildman–Crippen MR) is 106 cm³/mol. The second kappa shape index (κ2) is 8.78. The van der Waals surface area contributed by atoms with E-state index in [-0.39, 0.29) is 18.6 Å². The maximum Gasteiger partial charge on any atom is 0.338 e. The molecule has 148 valence electrons. The van der Waals surface area contributed by atoms with Crippen LogP contribution in [0.1, 0.15) is 36.2 Å². The van der Waals surface area contributed by atoms with E-state index in [0.717, 1.165) is 24.1 Å². The highest BCUT2D eigenvalue weighted by Crippen LogP contribution is 2.31. The Kier molecular flexibility index (Phi) is 6.19. The first-order valence-electron chi connectivity index (χ1n) is 9.43. The molecule has 6 heteroatoms. The van der Waals surface area contributed by atoms with Gasteiger partial charge in [0.1, 0.15) is 0 Å². The maximum absolute atomic E-state index is 12.8. The third-order valence-electron chi connectivity index (χ3n) is 4.82. The zero-order valence-electron chi connectivity index (χ0n) is 16.4. The number of rotatable bonds is 6. The van der Waals surface area contributed by atoms with E-state index < -0.39 is 5.97 Å². The molecule has 1 aliphatic rings. The molecule has 1 unspecified atom stereocenters. The molecule has 0 fully saturated rings. The van der Waals surface area contributed by atoms with Crippen molar-refractivity contribution >= 4 is 17.6 Å². The molecular formula is C22H25NO5. The average molecular weight is 383 g/mol. The SMILES string of the molecule is CCOc1cc(C(=O)OCC(=O)N2c3ccccc3CCC2C)ccc1OC. The number of carbonyl (C=O) groups excluding carboxylic acids is 2. The van der Waals surface area contributed by atoms with E-state index in [1.165, 1.54) is 7.11 Å². The minimum Gasteiger partial charge on any atom is -0.493 e. The zero-order valence-corrected chi connectivity index (χ0v) is 16.4. The van der Waals surface area contributed by atoms with Gasteiger partial charge in [-0.05, 0) is 56.5 Å². The van der Waals surface area contributed by atoms with Crippen LogP contribution >= 0.6 is 0 Å². The summed E-state index contributed by atoms with van der Waals surface area (Å²) in [5.41, 5.74) is 2.34. The Balaban J connectivity index is 1.69. The van der Waals surface area contributed by atoms with Crippen molar-refractivity contribution in [3.8, 4) is 11.5 Å².